The van der Waals surface area contributed by atoms with E-state index in [0.717, 1.165) is 23.5 Å². The van der Waals surface area contributed by atoms with Crippen molar-refractivity contribution in [1.82, 2.24) is 4.90 Å². The molecule has 0 aromatic heterocycles. The molecular formula is C23H29NO3. The van der Waals surface area contributed by atoms with Crippen LogP contribution >= 0.6 is 0 Å². The van der Waals surface area contributed by atoms with E-state index in [0.29, 0.717) is 24.8 Å². The summed E-state index contributed by atoms with van der Waals surface area (Å²) in [5.41, 5.74) is 2.37. The van der Waals surface area contributed by atoms with Crippen LogP contribution in [0.15, 0.2) is 48.5 Å². The lowest BCUT2D eigenvalue weighted by Crippen LogP contribution is -2.30. The zero-order valence-corrected chi connectivity index (χ0v) is 16.5. The van der Waals surface area contributed by atoms with Gasteiger partial charge in [-0.1, -0.05) is 30.3 Å². The quantitative estimate of drug-likeness (QED) is 0.664. The Balaban J connectivity index is 1.59. The van der Waals surface area contributed by atoms with Gasteiger partial charge in [-0.05, 0) is 60.4 Å². The van der Waals surface area contributed by atoms with Crippen molar-refractivity contribution in [1.29, 1.82) is 0 Å². The predicted octanol–water partition coefficient (Wildman–Crippen LogP) is 4.29. The number of benzene rings is 2. The number of rotatable bonds is 9. The van der Waals surface area contributed by atoms with E-state index < -0.39 is 0 Å². The maximum absolute atomic E-state index is 12.8. The largest absolute Gasteiger partial charge is 0.497 e. The van der Waals surface area contributed by atoms with Crippen molar-refractivity contribution in [3.8, 4) is 11.5 Å². The zero-order chi connectivity index (χ0) is 19.2. The van der Waals surface area contributed by atoms with E-state index in [-0.39, 0.29) is 5.91 Å². The number of likely N-dealkylation sites (N-methyl/N-ethyl adjacent to an activating group) is 1. The maximum atomic E-state index is 12.8. The summed E-state index contributed by atoms with van der Waals surface area (Å²) in [6, 6.07) is 16.2. The van der Waals surface area contributed by atoms with E-state index in [4.69, 9.17) is 9.47 Å². The van der Waals surface area contributed by atoms with Crippen molar-refractivity contribution < 1.29 is 14.3 Å². The molecule has 1 unspecified atom stereocenters. The first kappa shape index (κ1) is 19.3. The highest BCUT2D eigenvalue weighted by Crippen LogP contribution is 2.45. The number of para-hydroxylation sites is 1. The van der Waals surface area contributed by atoms with Crippen molar-refractivity contribution in [2.75, 3.05) is 27.8 Å². The van der Waals surface area contributed by atoms with Crippen molar-refractivity contribution in [2.24, 2.45) is 5.92 Å². The molecule has 4 heteroatoms. The van der Waals surface area contributed by atoms with Crippen molar-refractivity contribution in [3.05, 3.63) is 59.7 Å². The molecule has 2 aromatic carbocycles. The second kappa shape index (κ2) is 8.94. The van der Waals surface area contributed by atoms with E-state index in [9.17, 15) is 4.79 Å². The Morgan fingerprint density at radius 1 is 1.07 bits per heavy atom. The minimum absolute atomic E-state index is 0.206. The number of hydrogen-bond acceptors (Lipinski definition) is 3. The average Bonchev–Trinajstić information content (AvgIpc) is 3.55. The number of amides is 1. The van der Waals surface area contributed by atoms with E-state index in [1.807, 2.05) is 42.3 Å². The number of ether oxygens (including phenoxy) is 2. The molecule has 1 aliphatic carbocycles. The molecule has 3 rings (SSSR count). The monoisotopic (exact) mass is 367 g/mol. The Morgan fingerprint density at radius 3 is 2.41 bits per heavy atom. The van der Waals surface area contributed by atoms with Crippen LogP contribution in [0.25, 0.3) is 0 Å². The zero-order valence-electron chi connectivity index (χ0n) is 16.5. The molecule has 1 atom stereocenters. The van der Waals surface area contributed by atoms with E-state index in [1.165, 1.54) is 18.4 Å². The molecule has 0 bridgehead atoms. The highest BCUT2D eigenvalue weighted by molar-refractivity contribution is 5.77. The summed E-state index contributed by atoms with van der Waals surface area (Å²) in [5, 5.41) is 0. The van der Waals surface area contributed by atoms with Gasteiger partial charge in [0, 0.05) is 20.0 Å². The summed E-state index contributed by atoms with van der Waals surface area (Å²) in [5.74, 6) is 2.88. The van der Waals surface area contributed by atoms with Crippen LogP contribution < -0.4 is 9.47 Å². The second-order valence-corrected chi connectivity index (χ2v) is 7.30. The van der Waals surface area contributed by atoms with Gasteiger partial charge in [0.1, 0.15) is 11.5 Å². The average molecular weight is 367 g/mol. The molecule has 1 fully saturated rings. The SMILES string of the molecule is COc1ccc(C(CC(=O)N(C)CCc2ccccc2OC)C2CC2)cc1. The van der Waals surface area contributed by atoms with Gasteiger partial charge in [0.15, 0.2) is 0 Å². The number of carbonyl (C=O) groups excluding carboxylic acids is 1. The highest BCUT2D eigenvalue weighted by Gasteiger charge is 2.34. The molecule has 144 valence electrons. The summed E-state index contributed by atoms with van der Waals surface area (Å²) in [7, 11) is 5.26. The smallest absolute Gasteiger partial charge is 0.222 e. The standard InChI is InChI=1S/C23H29NO3/c1-24(15-14-19-6-4-5-7-22(19)27-3)23(25)16-21(17-8-9-17)18-10-12-20(26-2)13-11-18/h4-7,10-13,17,21H,8-9,14-16H2,1-3H3. The van der Waals surface area contributed by atoms with Crippen molar-refractivity contribution >= 4 is 5.91 Å². The van der Waals surface area contributed by atoms with Crippen LogP contribution in [0.5, 0.6) is 11.5 Å². The Kier molecular flexibility index (Phi) is 6.38. The van der Waals surface area contributed by atoms with E-state index in [2.05, 4.69) is 18.2 Å². The number of carbonyl (C=O) groups is 1. The molecule has 2 aromatic rings. The Labute approximate surface area is 162 Å². The highest BCUT2D eigenvalue weighted by atomic mass is 16.5. The van der Waals surface area contributed by atoms with E-state index in [1.54, 1.807) is 14.2 Å². The maximum Gasteiger partial charge on any atom is 0.222 e. The van der Waals surface area contributed by atoms with Crippen LogP contribution in [0, 0.1) is 5.92 Å². The predicted molar refractivity (Wildman–Crippen MR) is 107 cm³/mol. The number of nitrogens with zero attached hydrogens (tertiary/aromatic N) is 1. The molecule has 0 saturated heterocycles. The molecule has 1 saturated carbocycles. The molecule has 0 aliphatic heterocycles. The van der Waals surface area contributed by atoms with Crippen LogP contribution in [-0.2, 0) is 11.2 Å². The molecule has 1 aliphatic rings. The fourth-order valence-corrected chi connectivity index (χ4v) is 3.57. The van der Waals surface area contributed by atoms with Gasteiger partial charge in [0.05, 0.1) is 14.2 Å². The van der Waals surface area contributed by atoms with Gasteiger partial charge >= 0.3 is 0 Å². The lowest BCUT2D eigenvalue weighted by Gasteiger charge is -2.22. The molecule has 27 heavy (non-hydrogen) atoms. The van der Waals surface area contributed by atoms with Gasteiger partial charge in [0.25, 0.3) is 0 Å². The molecule has 0 N–H and O–H groups in total. The van der Waals surface area contributed by atoms with Crippen molar-refractivity contribution in [2.45, 2.75) is 31.6 Å². The molecule has 1 amide bonds. The van der Waals surface area contributed by atoms with Crippen LogP contribution in [0.1, 0.15) is 36.3 Å². The Hall–Kier alpha value is -2.49. The number of hydrogen-bond donors (Lipinski definition) is 0. The fraction of sp³-hybridized carbons (Fsp3) is 0.435. The molecular weight excluding hydrogens is 338 g/mol. The van der Waals surface area contributed by atoms with Crippen molar-refractivity contribution in [3.63, 3.8) is 0 Å². The minimum atomic E-state index is 0.206. The topological polar surface area (TPSA) is 38.8 Å². The lowest BCUT2D eigenvalue weighted by atomic mass is 9.90. The lowest BCUT2D eigenvalue weighted by molar-refractivity contribution is -0.130. The summed E-state index contributed by atoms with van der Waals surface area (Å²) < 4.78 is 10.7. The Bertz CT molecular complexity index is 752. The minimum Gasteiger partial charge on any atom is -0.497 e. The first-order valence-electron chi connectivity index (χ1n) is 9.62. The number of methoxy groups -OCH3 is 2. The summed E-state index contributed by atoms with van der Waals surface area (Å²) in [6.07, 6.45) is 3.80. The fourth-order valence-electron chi connectivity index (χ4n) is 3.57. The third-order valence-corrected chi connectivity index (χ3v) is 5.46. The molecule has 0 heterocycles. The van der Waals surface area contributed by atoms with Gasteiger partial charge < -0.3 is 14.4 Å². The third-order valence-electron chi connectivity index (χ3n) is 5.46. The first-order chi connectivity index (χ1) is 13.1. The summed E-state index contributed by atoms with van der Waals surface area (Å²) in [6.45, 7) is 0.694. The Morgan fingerprint density at radius 2 is 1.78 bits per heavy atom. The molecule has 4 nitrogen and oxygen atoms in total. The normalized spacial score (nSPS) is 14.5. The van der Waals surface area contributed by atoms with Crippen LogP contribution in [0.2, 0.25) is 0 Å². The van der Waals surface area contributed by atoms with Gasteiger partial charge in [-0.25, -0.2) is 0 Å². The van der Waals surface area contributed by atoms with Crippen LogP contribution in [0.4, 0.5) is 0 Å². The van der Waals surface area contributed by atoms with Gasteiger partial charge in [-0.3, -0.25) is 4.79 Å². The van der Waals surface area contributed by atoms with E-state index >= 15 is 0 Å². The van der Waals surface area contributed by atoms with Gasteiger partial charge in [-0.15, -0.1) is 0 Å². The van der Waals surface area contributed by atoms with Gasteiger partial charge in [-0.2, -0.15) is 0 Å². The summed E-state index contributed by atoms with van der Waals surface area (Å²) in [4.78, 5) is 14.7. The molecule has 0 spiro atoms. The summed E-state index contributed by atoms with van der Waals surface area (Å²) >= 11 is 0. The van der Waals surface area contributed by atoms with Crippen LogP contribution in [0.3, 0.4) is 0 Å². The second-order valence-electron chi connectivity index (χ2n) is 7.30. The first-order valence-corrected chi connectivity index (χ1v) is 9.62. The molecule has 0 radical (unpaired) electrons. The van der Waals surface area contributed by atoms with Gasteiger partial charge in [0.2, 0.25) is 5.91 Å². The van der Waals surface area contributed by atoms with Crippen LogP contribution in [-0.4, -0.2) is 38.6 Å². The third kappa shape index (κ3) is 5.03.